The van der Waals surface area contributed by atoms with Crippen molar-refractivity contribution in [2.75, 3.05) is 0 Å². The molecule has 3 rings (SSSR count). The van der Waals surface area contributed by atoms with Crippen LogP contribution in [0, 0.1) is 0 Å². The summed E-state index contributed by atoms with van der Waals surface area (Å²) in [5, 5.41) is 0.713. The number of carbonyl (C=O) groups excluding carboxylic acids is 1. The fraction of sp³-hybridized carbons (Fsp3) is 0.0455. The summed E-state index contributed by atoms with van der Waals surface area (Å²) in [6, 6.07) is 24.4. The van der Waals surface area contributed by atoms with Crippen LogP contribution in [-0.2, 0) is 6.61 Å². The zero-order chi connectivity index (χ0) is 17.5. The molecule has 0 aliphatic rings. The van der Waals surface area contributed by atoms with Crippen molar-refractivity contribution in [3.05, 3.63) is 107 Å². The molecule has 3 aromatic carbocycles. The van der Waals surface area contributed by atoms with Gasteiger partial charge in [0.05, 0.1) is 0 Å². The molecule has 0 aromatic heterocycles. The van der Waals surface area contributed by atoms with Gasteiger partial charge in [0.25, 0.3) is 0 Å². The van der Waals surface area contributed by atoms with Crippen LogP contribution < -0.4 is 4.74 Å². The van der Waals surface area contributed by atoms with E-state index in [2.05, 4.69) is 0 Å². The molecule has 0 aliphatic carbocycles. The van der Waals surface area contributed by atoms with Crippen molar-refractivity contribution in [1.82, 2.24) is 0 Å². The molecule has 0 saturated carbocycles. The summed E-state index contributed by atoms with van der Waals surface area (Å²) in [4.78, 5) is 12.0. The van der Waals surface area contributed by atoms with Gasteiger partial charge < -0.3 is 4.74 Å². The van der Waals surface area contributed by atoms with E-state index in [-0.39, 0.29) is 5.78 Å². The maximum Gasteiger partial charge on any atom is 0.185 e. The smallest absolute Gasteiger partial charge is 0.185 e. The van der Waals surface area contributed by atoms with Gasteiger partial charge in [-0.05, 0) is 41.5 Å². The lowest BCUT2D eigenvalue weighted by Crippen LogP contribution is -1.95. The quantitative estimate of drug-likeness (QED) is 0.414. The lowest BCUT2D eigenvalue weighted by Gasteiger charge is -2.06. The van der Waals surface area contributed by atoms with Gasteiger partial charge in [-0.3, -0.25) is 4.79 Å². The van der Waals surface area contributed by atoms with Crippen LogP contribution in [-0.4, -0.2) is 5.78 Å². The molecule has 3 heteroatoms. The standard InChI is InChI=1S/C22H17ClO2/c23-20-11-6-18(7-12-20)16-25-21-13-8-17(9-14-21)10-15-22(24)19-4-2-1-3-5-19/h1-15H,16H2/b15-10+. The molecular weight excluding hydrogens is 332 g/mol. The average Bonchev–Trinajstić information content (AvgIpc) is 2.67. The predicted molar refractivity (Wildman–Crippen MR) is 102 cm³/mol. The number of carbonyl (C=O) groups is 1. The second kappa shape index (κ2) is 8.32. The van der Waals surface area contributed by atoms with E-state index in [9.17, 15) is 4.79 Å². The number of benzene rings is 3. The molecule has 0 N–H and O–H groups in total. The van der Waals surface area contributed by atoms with Crippen LogP contribution in [0.1, 0.15) is 21.5 Å². The zero-order valence-corrected chi connectivity index (χ0v) is 14.3. The fourth-order valence-electron chi connectivity index (χ4n) is 2.29. The molecule has 0 bridgehead atoms. The maximum absolute atomic E-state index is 12.0. The van der Waals surface area contributed by atoms with Gasteiger partial charge in [0.2, 0.25) is 0 Å². The van der Waals surface area contributed by atoms with E-state index in [4.69, 9.17) is 16.3 Å². The van der Waals surface area contributed by atoms with Crippen LogP contribution in [0.5, 0.6) is 5.75 Å². The highest BCUT2D eigenvalue weighted by molar-refractivity contribution is 6.30. The largest absolute Gasteiger partial charge is 0.489 e. The number of rotatable bonds is 6. The summed E-state index contributed by atoms with van der Waals surface area (Å²) in [6.45, 7) is 0.485. The Labute approximate surface area is 152 Å². The Hall–Kier alpha value is -2.84. The molecule has 0 amide bonds. The Kier molecular flexibility index (Phi) is 5.65. The van der Waals surface area contributed by atoms with E-state index < -0.39 is 0 Å². The minimum atomic E-state index is -0.0105. The third-order valence-electron chi connectivity index (χ3n) is 3.68. The molecule has 25 heavy (non-hydrogen) atoms. The van der Waals surface area contributed by atoms with Gasteiger partial charge in [-0.1, -0.05) is 72.3 Å². The van der Waals surface area contributed by atoms with Gasteiger partial charge in [-0.2, -0.15) is 0 Å². The van der Waals surface area contributed by atoms with Crippen LogP contribution in [0.3, 0.4) is 0 Å². The van der Waals surface area contributed by atoms with Gasteiger partial charge in [0.1, 0.15) is 12.4 Å². The first kappa shape index (κ1) is 17.0. The molecule has 0 aliphatic heterocycles. The van der Waals surface area contributed by atoms with Crippen molar-refractivity contribution < 1.29 is 9.53 Å². The molecule has 124 valence electrons. The van der Waals surface area contributed by atoms with E-state index >= 15 is 0 Å². The minimum Gasteiger partial charge on any atom is -0.489 e. The molecule has 3 aromatic rings. The summed E-state index contributed by atoms with van der Waals surface area (Å²) in [6.07, 6.45) is 3.39. The molecule has 0 spiro atoms. The van der Waals surface area contributed by atoms with Crippen molar-refractivity contribution in [2.24, 2.45) is 0 Å². The normalized spacial score (nSPS) is 10.8. The Morgan fingerprint density at radius 2 is 1.56 bits per heavy atom. The van der Waals surface area contributed by atoms with Crippen molar-refractivity contribution in [2.45, 2.75) is 6.61 Å². The SMILES string of the molecule is O=C(/C=C/c1ccc(OCc2ccc(Cl)cc2)cc1)c1ccccc1. The lowest BCUT2D eigenvalue weighted by molar-refractivity contribution is 0.104. The number of halogens is 1. The summed E-state index contributed by atoms with van der Waals surface area (Å²) in [7, 11) is 0. The third-order valence-corrected chi connectivity index (χ3v) is 3.94. The molecule has 0 heterocycles. The lowest BCUT2D eigenvalue weighted by atomic mass is 10.1. The minimum absolute atomic E-state index is 0.0105. The number of hydrogen-bond acceptors (Lipinski definition) is 2. The van der Waals surface area contributed by atoms with E-state index in [1.54, 1.807) is 24.3 Å². The van der Waals surface area contributed by atoms with Crippen molar-refractivity contribution >= 4 is 23.5 Å². The average molecular weight is 349 g/mol. The Morgan fingerprint density at radius 1 is 0.880 bits per heavy atom. The first-order chi connectivity index (χ1) is 12.2. The fourth-order valence-corrected chi connectivity index (χ4v) is 2.42. The van der Waals surface area contributed by atoms with Crippen LogP contribution in [0.15, 0.2) is 84.9 Å². The van der Waals surface area contributed by atoms with Gasteiger partial charge in [0, 0.05) is 10.6 Å². The Bertz CT molecular complexity index is 851. The highest BCUT2D eigenvalue weighted by atomic mass is 35.5. The van der Waals surface area contributed by atoms with Gasteiger partial charge >= 0.3 is 0 Å². The molecule has 0 saturated heterocycles. The van der Waals surface area contributed by atoms with E-state index in [0.717, 1.165) is 16.9 Å². The highest BCUT2D eigenvalue weighted by Gasteiger charge is 2.00. The number of ether oxygens (including phenoxy) is 1. The van der Waals surface area contributed by atoms with Gasteiger partial charge in [0.15, 0.2) is 5.78 Å². The number of allylic oxidation sites excluding steroid dienone is 1. The monoisotopic (exact) mass is 348 g/mol. The summed E-state index contributed by atoms with van der Waals surface area (Å²) in [5.41, 5.74) is 2.69. The van der Waals surface area contributed by atoms with Crippen LogP contribution >= 0.6 is 11.6 Å². The second-order valence-electron chi connectivity index (χ2n) is 5.55. The van der Waals surface area contributed by atoms with E-state index in [1.165, 1.54) is 0 Å². The Morgan fingerprint density at radius 3 is 2.24 bits per heavy atom. The number of ketones is 1. The van der Waals surface area contributed by atoms with Crippen LogP contribution in [0.4, 0.5) is 0 Å². The van der Waals surface area contributed by atoms with Gasteiger partial charge in [-0.15, -0.1) is 0 Å². The van der Waals surface area contributed by atoms with Crippen LogP contribution in [0.25, 0.3) is 6.08 Å². The first-order valence-electron chi connectivity index (χ1n) is 7.95. The third kappa shape index (κ3) is 5.07. The molecule has 2 nitrogen and oxygen atoms in total. The van der Waals surface area contributed by atoms with Crippen LogP contribution in [0.2, 0.25) is 5.02 Å². The second-order valence-corrected chi connectivity index (χ2v) is 5.98. The van der Waals surface area contributed by atoms with E-state index in [1.807, 2.05) is 66.7 Å². The molecule has 0 unspecified atom stereocenters. The van der Waals surface area contributed by atoms with Crippen molar-refractivity contribution in [3.63, 3.8) is 0 Å². The van der Waals surface area contributed by atoms with Crippen molar-refractivity contribution in [1.29, 1.82) is 0 Å². The molecular formula is C22H17ClO2. The first-order valence-corrected chi connectivity index (χ1v) is 8.33. The van der Waals surface area contributed by atoms with Crippen molar-refractivity contribution in [3.8, 4) is 5.75 Å². The number of hydrogen-bond donors (Lipinski definition) is 0. The highest BCUT2D eigenvalue weighted by Crippen LogP contribution is 2.16. The molecule has 0 fully saturated rings. The molecule has 0 radical (unpaired) electrons. The molecule has 0 atom stereocenters. The Balaban J connectivity index is 1.57. The van der Waals surface area contributed by atoms with E-state index in [0.29, 0.717) is 17.2 Å². The summed E-state index contributed by atoms with van der Waals surface area (Å²) in [5.74, 6) is 0.769. The maximum atomic E-state index is 12.0. The van der Waals surface area contributed by atoms with Gasteiger partial charge in [-0.25, -0.2) is 0 Å². The topological polar surface area (TPSA) is 26.3 Å². The summed E-state index contributed by atoms with van der Waals surface area (Å²) < 4.78 is 5.75. The summed E-state index contributed by atoms with van der Waals surface area (Å²) >= 11 is 5.87. The predicted octanol–water partition coefficient (Wildman–Crippen LogP) is 5.82. The zero-order valence-electron chi connectivity index (χ0n) is 13.6.